The van der Waals surface area contributed by atoms with Crippen molar-refractivity contribution in [2.75, 3.05) is 26.3 Å². The zero-order valence-corrected chi connectivity index (χ0v) is 23.0. The number of alkyl carbamates (subject to hydrolysis) is 1. The van der Waals surface area contributed by atoms with Crippen LogP contribution in [0.1, 0.15) is 31.4 Å². The number of aryl methyl sites for hydroxylation is 1. The van der Waals surface area contributed by atoms with E-state index in [4.69, 9.17) is 14.2 Å². The molecule has 0 radical (unpaired) electrons. The van der Waals surface area contributed by atoms with Gasteiger partial charge in [-0.25, -0.2) is 13.2 Å². The highest BCUT2D eigenvalue weighted by Crippen LogP contribution is 2.33. The summed E-state index contributed by atoms with van der Waals surface area (Å²) in [5, 5.41) is 14.1. The quantitative estimate of drug-likeness (QED) is 0.445. The second-order valence-electron chi connectivity index (χ2n) is 10.5. The van der Waals surface area contributed by atoms with Crippen LogP contribution in [0, 0.1) is 18.8 Å². The fraction of sp³-hybridized carbons (Fsp3) is 0.536. The molecular weight excluding hydrogens is 508 g/mol. The van der Waals surface area contributed by atoms with Gasteiger partial charge in [-0.1, -0.05) is 61.9 Å². The largest absolute Gasteiger partial charge is 0.443 e. The third-order valence-electron chi connectivity index (χ3n) is 6.93. The van der Waals surface area contributed by atoms with E-state index in [1.165, 1.54) is 4.31 Å². The first-order chi connectivity index (χ1) is 18.1. The van der Waals surface area contributed by atoms with Crippen molar-refractivity contribution >= 4 is 16.1 Å². The number of fused-ring (bicyclic) bond motifs is 1. The number of aliphatic hydroxyl groups excluding tert-OH is 1. The summed E-state index contributed by atoms with van der Waals surface area (Å²) in [6, 6.07) is 15.3. The number of ether oxygens (including phenoxy) is 3. The van der Waals surface area contributed by atoms with Crippen molar-refractivity contribution in [3.63, 3.8) is 0 Å². The molecule has 2 aliphatic heterocycles. The highest BCUT2D eigenvalue weighted by Gasteiger charge is 2.44. The van der Waals surface area contributed by atoms with E-state index in [-0.39, 0.29) is 42.7 Å². The topological polar surface area (TPSA) is 114 Å². The average molecular weight is 547 g/mol. The van der Waals surface area contributed by atoms with Crippen LogP contribution in [-0.2, 0) is 30.7 Å². The number of nitrogens with one attached hydrogen (secondary N) is 1. The van der Waals surface area contributed by atoms with Crippen LogP contribution in [0.25, 0.3) is 0 Å². The van der Waals surface area contributed by atoms with Gasteiger partial charge in [-0.2, -0.15) is 4.31 Å². The van der Waals surface area contributed by atoms with Gasteiger partial charge in [0.15, 0.2) is 6.29 Å². The van der Waals surface area contributed by atoms with E-state index in [0.29, 0.717) is 13.0 Å². The first kappa shape index (κ1) is 28.5. The predicted molar refractivity (Wildman–Crippen MR) is 142 cm³/mol. The molecule has 0 bridgehead atoms. The highest BCUT2D eigenvalue weighted by atomic mass is 32.2. The summed E-state index contributed by atoms with van der Waals surface area (Å²) in [7, 11) is -3.87. The van der Waals surface area contributed by atoms with Crippen LogP contribution in [0.15, 0.2) is 59.5 Å². The molecule has 2 aromatic carbocycles. The Labute approximate surface area is 225 Å². The van der Waals surface area contributed by atoms with Crippen LogP contribution in [0.2, 0.25) is 0 Å². The molecule has 38 heavy (non-hydrogen) atoms. The fourth-order valence-electron chi connectivity index (χ4n) is 4.89. The minimum Gasteiger partial charge on any atom is -0.443 e. The number of rotatable bonds is 11. The lowest BCUT2D eigenvalue weighted by atomic mass is 10.0. The van der Waals surface area contributed by atoms with Gasteiger partial charge in [-0.3, -0.25) is 0 Å². The average Bonchev–Trinajstić information content (AvgIpc) is 3.49. The van der Waals surface area contributed by atoms with E-state index in [1.807, 2.05) is 51.1 Å². The van der Waals surface area contributed by atoms with Crippen LogP contribution in [-0.4, -0.2) is 74.8 Å². The summed E-state index contributed by atoms with van der Waals surface area (Å²) >= 11 is 0. The molecule has 2 aliphatic rings. The number of aliphatic hydroxyl groups is 1. The van der Waals surface area contributed by atoms with E-state index in [1.54, 1.807) is 24.3 Å². The van der Waals surface area contributed by atoms with Gasteiger partial charge in [0.05, 0.1) is 36.2 Å². The molecule has 4 rings (SSSR count). The molecule has 0 aliphatic carbocycles. The maximum atomic E-state index is 13.5. The fourth-order valence-corrected chi connectivity index (χ4v) is 6.52. The van der Waals surface area contributed by atoms with E-state index in [0.717, 1.165) is 17.5 Å². The van der Waals surface area contributed by atoms with Gasteiger partial charge in [-0.05, 0) is 43.4 Å². The number of amides is 1. The van der Waals surface area contributed by atoms with Crippen LogP contribution >= 0.6 is 0 Å². The van der Waals surface area contributed by atoms with Crippen LogP contribution in [0.3, 0.4) is 0 Å². The molecule has 10 heteroatoms. The van der Waals surface area contributed by atoms with Crippen molar-refractivity contribution < 1.29 is 32.5 Å². The Morgan fingerprint density at radius 1 is 1.11 bits per heavy atom. The third-order valence-corrected chi connectivity index (χ3v) is 8.77. The number of nitrogens with zero attached hydrogens (tertiary/aromatic N) is 1. The van der Waals surface area contributed by atoms with Crippen molar-refractivity contribution in [3.05, 3.63) is 65.7 Å². The van der Waals surface area contributed by atoms with E-state index < -0.39 is 34.4 Å². The Hall–Kier alpha value is -2.50. The second kappa shape index (κ2) is 12.6. The van der Waals surface area contributed by atoms with Crippen molar-refractivity contribution in [3.8, 4) is 0 Å². The summed E-state index contributed by atoms with van der Waals surface area (Å²) in [5.41, 5.74) is 1.84. The number of hydrogen-bond donors (Lipinski definition) is 2. The minimum atomic E-state index is -3.87. The molecule has 2 N–H and O–H groups in total. The van der Waals surface area contributed by atoms with Gasteiger partial charge < -0.3 is 24.6 Å². The molecule has 1 unspecified atom stereocenters. The summed E-state index contributed by atoms with van der Waals surface area (Å²) < 4.78 is 45.1. The van der Waals surface area contributed by atoms with Gasteiger partial charge in [0, 0.05) is 13.1 Å². The molecule has 2 fully saturated rings. The Morgan fingerprint density at radius 3 is 2.50 bits per heavy atom. The van der Waals surface area contributed by atoms with Crippen molar-refractivity contribution in [1.29, 1.82) is 0 Å². The summed E-state index contributed by atoms with van der Waals surface area (Å²) in [5.74, 6) is 0.0105. The molecule has 1 amide bonds. The molecule has 2 saturated heterocycles. The van der Waals surface area contributed by atoms with Gasteiger partial charge in [0.2, 0.25) is 10.0 Å². The van der Waals surface area contributed by atoms with Crippen molar-refractivity contribution in [2.45, 2.75) is 63.0 Å². The van der Waals surface area contributed by atoms with Crippen molar-refractivity contribution in [2.24, 2.45) is 11.8 Å². The summed E-state index contributed by atoms with van der Waals surface area (Å²) in [4.78, 5) is 13.1. The third kappa shape index (κ3) is 7.12. The van der Waals surface area contributed by atoms with Crippen LogP contribution in [0.5, 0.6) is 0 Å². The van der Waals surface area contributed by atoms with Gasteiger partial charge in [-0.15, -0.1) is 0 Å². The number of carbonyl (C=O) groups excluding carboxylic acids is 1. The number of carbonyl (C=O) groups is 1. The second-order valence-corrected chi connectivity index (χ2v) is 12.4. The maximum Gasteiger partial charge on any atom is 0.407 e. The maximum absolute atomic E-state index is 13.5. The van der Waals surface area contributed by atoms with Gasteiger partial charge in [0.25, 0.3) is 0 Å². The predicted octanol–water partition coefficient (Wildman–Crippen LogP) is 3.10. The summed E-state index contributed by atoms with van der Waals surface area (Å²) in [6.45, 7) is 6.59. The first-order valence-electron chi connectivity index (χ1n) is 13.1. The molecule has 9 nitrogen and oxygen atoms in total. The minimum absolute atomic E-state index is 0.0144. The molecule has 2 heterocycles. The van der Waals surface area contributed by atoms with E-state index >= 15 is 0 Å². The Balaban J connectivity index is 1.51. The Bertz CT molecular complexity index is 1160. The molecule has 0 saturated carbocycles. The lowest BCUT2D eigenvalue weighted by Gasteiger charge is -2.31. The molecule has 0 spiro atoms. The molecular formula is C28H38N2O7S. The Kier molecular flexibility index (Phi) is 9.43. The number of hydrogen-bond acceptors (Lipinski definition) is 7. The molecule has 208 valence electrons. The zero-order chi connectivity index (χ0) is 27.3. The molecule has 0 aromatic heterocycles. The highest BCUT2D eigenvalue weighted by molar-refractivity contribution is 7.89. The smallest absolute Gasteiger partial charge is 0.407 e. The summed E-state index contributed by atoms with van der Waals surface area (Å²) in [6.07, 6.45) is -1.61. The zero-order valence-electron chi connectivity index (χ0n) is 22.2. The van der Waals surface area contributed by atoms with Crippen LogP contribution in [0.4, 0.5) is 4.79 Å². The van der Waals surface area contributed by atoms with Gasteiger partial charge in [0.1, 0.15) is 6.10 Å². The molecule has 5 atom stereocenters. The van der Waals surface area contributed by atoms with Crippen molar-refractivity contribution in [1.82, 2.24) is 9.62 Å². The van der Waals surface area contributed by atoms with E-state index in [9.17, 15) is 18.3 Å². The SMILES string of the molecule is Cc1ccc(S(=O)(=O)N(CC(C)C)CC(O)[C@H](Cc2ccccc2)NC(=O)O[C@H]2CO[C@H]3OCC[C@H]32)cc1. The number of benzene rings is 2. The number of sulfonamides is 1. The van der Waals surface area contributed by atoms with Crippen LogP contribution < -0.4 is 5.32 Å². The first-order valence-corrected chi connectivity index (χ1v) is 14.6. The molecule has 2 aromatic rings. The van der Waals surface area contributed by atoms with E-state index in [2.05, 4.69) is 5.32 Å². The standard InChI is InChI=1S/C28H38N2O7S/c1-19(2)16-30(38(33,34)22-11-9-20(3)10-12-22)17-25(31)24(15-21-7-5-4-6-8-21)29-28(32)37-26-18-36-27-23(26)13-14-35-27/h4-12,19,23-27,31H,13-18H2,1-3H3,(H,29,32)/t23-,24-,25?,26-,27+/m0/s1. The normalized spacial score (nSPS) is 22.8. The monoisotopic (exact) mass is 546 g/mol. The lowest BCUT2D eigenvalue weighted by molar-refractivity contribution is -0.0907. The lowest BCUT2D eigenvalue weighted by Crippen LogP contribution is -2.51. The Morgan fingerprint density at radius 2 is 1.82 bits per heavy atom. The van der Waals surface area contributed by atoms with Gasteiger partial charge >= 0.3 is 6.09 Å².